The topological polar surface area (TPSA) is 55.1 Å². The van der Waals surface area contributed by atoms with E-state index in [-0.39, 0.29) is 5.57 Å². The van der Waals surface area contributed by atoms with E-state index in [9.17, 15) is 18.0 Å². The Balaban J connectivity index is 2.92. The first kappa shape index (κ1) is 11.5. The molecule has 0 atom stereocenters. The molecule has 6 heteroatoms. The van der Waals surface area contributed by atoms with Crippen LogP contribution in [0, 0.1) is 0 Å². The van der Waals surface area contributed by atoms with Crippen molar-refractivity contribution >= 4 is 5.91 Å². The smallest absolute Gasteiger partial charge is 0.290 e. The molecule has 0 fully saturated rings. The van der Waals surface area contributed by atoms with E-state index < -0.39 is 24.1 Å². The van der Waals surface area contributed by atoms with Gasteiger partial charge in [0, 0.05) is 17.6 Å². The minimum atomic E-state index is -4.43. The normalized spacial score (nSPS) is 16.5. The molecular weight excluding hydrogens is 209 g/mol. The van der Waals surface area contributed by atoms with E-state index in [4.69, 9.17) is 5.84 Å². The zero-order valence-corrected chi connectivity index (χ0v) is 7.64. The lowest BCUT2D eigenvalue weighted by atomic mass is 10.1. The molecule has 3 N–H and O–H groups in total. The Morgan fingerprint density at radius 1 is 1.33 bits per heavy atom. The molecule has 1 rings (SSSR count). The van der Waals surface area contributed by atoms with Gasteiger partial charge in [0.1, 0.15) is 0 Å². The summed E-state index contributed by atoms with van der Waals surface area (Å²) < 4.78 is 37.1. The van der Waals surface area contributed by atoms with Crippen molar-refractivity contribution in [2.75, 3.05) is 0 Å². The molecule has 0 unspecified atom stereocenters. The third-order valence-corrected chi connectivity index (χ3v) is 1.87. The zero-order valence-electron chi connectivity index (χ0n) is 7.64. The third kappa shape index (κ3) is 2.95. The SMILES string of the molecule is NNC(=O)C1=CC=CC=C(C(F)(F)F)C1. The number of halogens is 3. The van der Waals surface area contributed by atoms with Crippen molar-refractivity contribution < 1.29 is 18.0 Å². The maximum absolute atomic E-state index is 12.4. The summed E-state index contributed by atoms with van der Waals surface area (Å²) in [5.74, 6) is 4.13. The molecule has 1 amide bonds. The van der Waals surface area contributed by atoms with Crippen molar-refractivity contribution in [3.05, 3.63) is 35.5 Å². The average Bonchev–Trinajstić information content (AvgIpc) is 2.40. The van der Waals surface area contributed by atoms with Crippen LogP contribution in [0.2, 0.25) is 0 Å². The summed E-state index contributed by atoms with van der Waals surface area (Å²) in [7, 11) is 0. The molecule has 0 aromatic heterocycles. The van der Waals surface area contributed by atoms with Gasteiger partial charge in [0.15, 0.2) is 0 Å². The maximum Gasteiger partial charge on any atom is 0.413 e. The number of carbonyl (C=O) groups excluding carboxylic acids is 1. The number of nitrogens with two attached hydrogens (primary N) is 1. The highest BCUT2D eigenvalue weighted by Gasteiger charge is 2.34. The van der Waals surface area contributed by atoms with Crippen LogP contribution in [0.3, 0.4) is 0 Å². The molecule has 0 bridgehead atoms. The summed E-state index contributed by atoms with van der Waals surface area (Å²) in [4.78, 5) is 11.1. The number of hydrogen-bond acceptors (Lipinski definition) is 2. The van der Waals surface area contributed by atoms with E-state index in [2.05, 4.69) is 0 Å². The summed E-state index contributed by atoms with van der Waals surface area (Å²) in [6.07, 6.45) is -0.0597. The molecule has 0 saturated heterocycles. The third-order valence-electron chi connectivity index (χ3n) is 1.87. The number of rotatable bonds is 1. The highest BCUT2D eigenvalue weighted by Crippen LogP contribution is 2.31. The number of hydrogen-bond donors (Lipinski definition) is 2. The van der Waals surface area contributed by atoms with E-state index in [0.717, 1.165) is 6.08 Å². The summed E-state index contributed by atoms with van der Waals surface area (Å²) in [5, 5.41) is 0. The van der Waals surface area contributed by atoms with Gasteiger partial charge in [-0.15, -0.1) is 0 Å². The van der Waals surface area contributed by atoms with Crippen molar-refractivity contribution in [3.8, 4) is 0 Å². The van der Waals surface area contributed by atoms with Crippen molar-refractivity contribution in [1.82, 2.24) is 5.43 Å². The van der Waals surface area contributed by atoms with Crippen molar-refractivity contribution in [2.45, 2.75) is 12.6 Å². The fraction of sp³-hybridized carbons (Fsp3) is 0.222. The Morgan fingerprint density at radius 2 is 1.93 bits per heavy atom. The molecule has 1 aliphatic rings. The summed E-state index contributed by atoms with van der Waals surface area (Å²) in [6, 6.07) is 0. The lowest BCUT2D eigenvalue weighted by Crippen LogP contribution is -2.32. The van der Waals surface area contributed by atoms with Gasteiger partial charge in [0.25, 0.3) is 5.91 Å². The molecule has 0 spiro atoms. The molecule has 1 aliphatic carbocycles. The Bertz CT molecular complexity index is 353. The van der Waals surface area contributed by atoms with Crippen LogP contribution in [0.25, 0.3) is 0 Å². The van der Waals surface area contributed by atoms with Crippen molar-refractivity contribution in [1.29, 1.82) is 0 Å². The van der Waals surface area contributed by atoms with Gasteiger partial charge in [-0.25, -0.2) is 5.84 Å². The molecule has 3 nitrogen and oxygen atoms in total. The Morgan fingerprint density at radius 3 is 2.47 bits per heavy atom. The van der Waals surface area contributed by atoms with E-state index in [1.165, 1.54) is 18.2 Å². The second-order valence-electron chi connectivity index (χ2n) is 2.92. The van der Waals surface area contributed by atoms with Crippen LogP contribution in [0.15, 0.2) is 35.5 Å². The lowest BCUT2D eigenvalue weighted by Gasteiger charge is -2.11. The average molecular weight is 218 g/mol. The highest BCUT2D eigenvalue weighted by molar-refractivity contribution is 5.93. The maximum atomic E-state index is 12.4. The van der Waals surface area contributed by atoms with E-state index >= 15 is 0 Å². The van der Waals surface area contributed by atoms with Crippen LogP contribution in [0.5, 0.6) is 0 Å². The van der Waals surface area contributed by atoms with Crippen molar-refractivity contribution in [3.63, 3.8) is 0 Å². The fourth-order valence-electron chi connectivity index (χ4n) is 1.11. The predicted octanol–water partition coefficient (Wildman–Crippen LogP) is 1.35. The first-order valence-corrected chi connectivity index (χ1v) is 4.09. The number of alkyl halides is 3. The Labute approximate surface area is 84.1 Å². The Kier molecular flexibility index (Phi) is 3.31. The van der Waals surface area contributed by atoms with Crippen LogP contribution in [-0.2, 0) is 4.79 Å². The fourth-order valence-corrected chi connectivity index (χ4v) is 1.11. The summed E-state index contributed by atoms with van der Waals surface area (Å²) in [5.41, 5.74) is 1.01. The van der Waals surface area contributed by atoms with Gasteiger partial charge in [0.05, 0.1) is 0 Å². The zero-order chi connectivity index (χ0) is 11.5. The molecule has 0 aromatic rings. The second kappa shape index (κ2) is 4.31. The monoisotopic (exact) mass is 218 g/mol. The number of amides is 1. The van der Waals surface area contributed by atoms with E-state index in [0.29, 0.717) is 0 Å². The molecule has 0 heterocycles. The van der Waals surface area contributed by atoms with E-state index in [1.807, 2.05) is 0 Å². The predicted molar refractivity (Wildman–Crippen MR) is 48.3 cm³/mol. The minimum absolute atomic E-state index is 0.0187. The van der Waals surface area contributed by atoms with Crippen LogP contribution >= 0.6 is 0 Å². The Hall–Kier alpha value is -1.56. The standard InChI is InChI=1S/C9H9F3N2O/c10-9(11,12)7-4-2-1-3-6(5-7)8(15)14-13/h1-4H,5,13H2,(H,14,15). The lowest BCUT2D eigenvalue weighted by molar-refractivity contribution is -0.117. The van der Waals surface area contributed by atoms with Gasteiger partial charge in [-0.1, -0.05) is 24.3 Å². The van der Waals surface area contributed by atoms with Crippen LogP contribution in [-0.4, -0.2) is 12.1 Å². The summed E-state index contributed by atoms with van der Waals surface area (Å²) >= 11 is 0. The second-order valence-corrected chi connectivity index (χ2v) is 2.92. The molecule has 0 aromatic carbocycles. The number of carbonyl (C=O) groups is 1. The van der Waals surface area contributed by atoms with Gasteiger partial charge in [0.2, 0.25) is 0 Å². The summed E-state index contributed by atoms with van der Waals surface area (Å²) in [6.45, 7) is 0. The van der Waals surface area contributed by atoms with E-state index in [1.54, 1.807) is 5.43 Å². The first-order valence-electron chi connectivity index (χ1n) is 4.09. The number of nitrogens with one attached hydrogen (secondary N) is 1. The largest absolute Gasteiger partial charge is 0.413 e. The molecule has 82 valence electrons. The van der Waals surface area contributed by atoms with Gasteiger partial charge >= 0.3 is 6.18 Å². The molecule has 15 heavy (non-hydrogen) atoms. The van der Waals surface area contributed by atoms with Crippen molar-refractivity contribution in [2.24, 2.45) is 5.84 Å². The van der Waals surface area contributed by atoms with Crippen LogP contribution < -0.4 is 11.3 Å². The highest BCUT2D eigenvalue weighted by atomic mass is 19.4. The van der Waals surface area contributed by atoms with Gasteiger partial charge in [-0.05, 0) is 0 Å². The van der Waals surface area contributed by atoms with Gasteiger partial charge in [-0.3, -0.25) is 10.2 Å². The van der Waals surface area contributed by atoms with Crippen LogP contribution in [0.4, 0.5) is 13.2 Å². The quantitative estimate of drug-likeness (QED) is 0.396. The van der Waals surface area contributed by atoms with Gasteiger partial charge < -0.3 is 0 Å². The molecule has 0 saturated carbocycles. The molecule has 0 aliphatic heterocycles. The molecular formula is C9H9F3N2O. The molecule has 0 radical (unpaired) electrons. The first-order chi connectivity index (χ1) is 6.95. The van der Waals surface area contributed by atoms with Crippen LogP contribution in [0.1, 0.15) is 6.42 Å². The number of allylic oxidation sites excluding steroid dienone is 5. The number of hydrazine groups is 1. The van der Waals surface area contributed by atoms with Gasteiger partial charge in [-0.2, -0.15) is 13.2 Å². The minimum Gasteiger partial charge on any atom is -0.290 e.